The molecule has 16 nitrogen and oxygen atoms in total. The molecule has 0 aliphatic carbocycles. The first-order valence-electron chi connectivity index (χ1n) is 11.2. The number of aliphatic carboxylic acids is 2. The second-order valence-electron chi connectivity index (χ2n) is 7.97. The standard InChI is InChI=1S/C20H33N9O7S/c21-11(6-10-7-24-9-26-10)16(32)27-13(3-4-15(30)31)18(34)28-12(2-1-5-25-20(22)23)17(33)29-14(8-37)19(35)36/h7,9,11-14,37H,1-6,8,21H2,(H,24,26)(H,27,32)(H,28,34)(H,29,33)(H,30,31)(H,35,36)(H4,22,23,25). The number of aromatic nitrogens is 2. The van der Waals surface area contributed by atoms with Gasteiger partial charge in [0, 0.05) is 37.0 Å². The Kier molecular flexibility index (Phi) is 13.5. The van der Waals surface area contributed by atoms with Gasteiger partial charge >= 0.3 is 11.9 Å². The van der Waals surface area contributed by atoms with Crippen molar-refractivity contribution in [3.63, 3.8) is 0 Å². The molecule has 1 aromatic heterocycles. The van der Waals surface area contributed by atoms with Crippen molar-refractivity contribution in [2.45, 2.75) is 56.3 Å². The molecule has 0 saturated heterocycles. The van der Waals surface area contributed by atoms with Gasteiger partial charge in [-0.15, -0.1) is 0 Å². The SMILES string of the molecule is NC(N)=NCCCC(NC(=O)C(CCC(=O)O)NC(=O)C(N)Cc1cnc[nH]1)C(=O)NC(CS)C(=O)O. The molecule has 0 bridgehead atoms. The first-order valence-corrected chi connectivity index (χ1v) is 11.8. The van der Waals surface area contributed by atoms with Crippen LogP contribution in [0.15, 0.2) is 17.5 Å². The molecule has 3 amide bonds. The van der Waals surface area contributed by atoms with Crippen LogP contribution >= 0.6 is 12.6 Å². The number of nitrogens with two attached hydrogens (primary N) is 3. The number of carboxylic acid groups (broad SMARTS) is 2. The molecule has 0 aromatic carbocycles. The molecule has 17 heteroatoms. The van der Waals surface area contributed by atoms with E-state index in [4.69, 9.17) is 22.3 Å². The Morgan fingerprint density at radius 2 is 1.59 bits per heavy atom. The highest BCUT2D eigenvalue weighted by Crippen LogP contribution is 2.05. The number of aliphatic imine (C=N–C) groups is 1. The van der Waals surface area contributed by atoms with Crippen LogP contribution in [0.2, 0.25) is 0 Å². The summed E-state index contributed by atoms with van der Waals surface area (Å²) in [5, 5.41) is 25.4. The highest BCUT2D eigenvalue weighted by molar-refractivity contribution is 7.80. The van der Waals surface area contributed by atoms with Gasteiger partial charge in [0.25, 0.3) is 0 Å². The second-order valence-corrected chi connectivity index (χ2v) is 8.34. The van der Waals surface area contributed by atoms with E-state index in [-0.39, 0.29) is 43.9 Å². The minimum Gasteiger partial charge on any atom is -0.481 e. The Balaban J connectivity index is 2.99. The lowest BCUT2D eigenvalue weighted by atomic mass is 10.1. The molecule has 4 atom stereocenters. The molecule has 0 spiro atoms. The number of nitrogens with one attached hydrogen (secondary N) is 4. The Hall–Kier alpha value is -3.86. The number of carboxylic acids is 2. The molecule has 1 heterocycles. The van der Waals surface area contributed by atoms with Crippen molar-refractivity contribution in [2.24, 2.45) is 22.2 Å². The Morgan fingerprint density at radius 3 is 2.11 bits per heavy atom. The van der Waals surface area contributed by atoms with Crippen molar-refractivity contribution in [3.8, 4) is 0 Å². The van der Waals surface area contributed by atoms with Gasteiger partial charge in [-0.1, -0.05) is 0 Å². The lowest BCUT2D eigenvalue weighted by Crippen LogP contribution is -2.57. The van der Waals surface area contributed by atoms with Gasteiger partial charge in [-0.2, -0.15) is 12.6 Å². The molecule has 4 unspecified atom stereocenters. The van der Waals surface area contributed by atoms with Crippen LogP contribution in [0.5, 0.6) is 0 Å². The molecule has 12 N–H and O–H groups in total. The predicted octanol–water partition coefficient (Wildman–Crippen LogP) is -3.33. The van der Waals surface area contributed by atoms with Gasteiger partial charge in [0.2, 0.25) is 17.7 Å². The highest BCUT2D eigenvalue weighted by atomic mass is 32.1. The Labute approximate surface area is 217 Å². The van der Waals surface area contributed by atoms with E-state index in [0.29, 0.717) is 5.69 Å². The monoisotopic (exact) mass is 543 g/mol. The van der Waals surface area contributed by atoms with Crippen LogP contribution in [-0.2, 0) is 30.4 Å². The van der Waals surface area contributed by atoms with Gasteiger partial charge in [-0.3, -0.25) is 24.2 Å². The normalized spacial score (nSPS) is 13.9. The minimum atomic E-state index is -1.34. The van der Waals surface area contributed by atoms with Crippen LogP contribution < -0.4 is 33.2 Å². The first-order chi connectivity index (χ1) is 17.4. The zero-order valence-electron chi connectivity index (χ0n) is 19.9. The summed E-state index contributed by atoms with van der Waals surface area (Å²) < 4.78 is 0. The number of imidazole rings is 1. The second kappa shape index (κ2) is 16.0. The molecular formula is C20H33N9O7S. The summed E-state index contributed by atoms with van der Waals surface area (Å²) in [6.45, 7) is 0.124. The summed E-state index contributed by atoms with van der Waals surface area (Å²) in [5.41, 5.74) is 17.0. The molecule has 206 valence electrons. The number of carbonyl (C=O) groups excluding carboxylic acids is 3. The molecule has 37 heavy (non-hydrogen) atoms. The molecular weight excluding hydrogens is 510 g/mol. The van der Waals surface area contributed by atoms with Gasteiger partial charge in [0.1, 0.15) is 18.1 Å². The Bertz CT molecular complexity index is 954. The van der Waals surface area contributed by atoms with E-state index in [1.54, 1.807) is 0 Å². The maximum absolute atomic E-state index is 13.0. The van der Waals surface area contributed by atoms with Crippen molar-refractivity contribution in [2.75, 3.05) is 12.3 Å². The van der Waals surface area contributed by atoms with Gasteiger partial charge < -0.3 is 48.3 Å². The zero-order valence-corrected chi connectivity index (χ0v) is 20.8. The van der Waals surface area contributed by atoms with Crippen LogP contribution in [0.1, 0.15) is 31.4 Å². The maximum Gasteiger partial charge on any atom is 0.327 e. The number of nitrogens with zero attached hydrogens (tertiary/aromatic N) is 2. The summed E-state index contributed by atoms with van der Waals surface area (Å²) in [6.07, 6.45) is 2.45. The van der Waals surface area contributed by atoms with E-state index in [1.165, 1.54) is 12.5 Å². The number of thiol groups is 1. The van der Waals surface area contributed by atoms with Crippen LogP contribution in [0.25, 0.3) is 0 Å². The van der Waals surface area contributed by atoms with Crippen molar-refractivity contribution in [1.29, 1.82) is 0 Å². The summed E-state index contributed by atoms with van der Waals surface area (Å²) >= 11 is 3.89. The molecule has 0 aliphatic rings. The van der Waals surface area contributed by atoms with Crippen LogP contribution in [0.4, 0.5) is 0 Å². The van der Waals surface area contributed by atoms with E-state index in [2.05, 4.69) is 43.5 Å². The number of hydrogen-bond acceptors (Lipinski definition) is 9. The fraction of sp³-hybridized carbons (Fsp3) is 0.550. The number of guanidine groups is 1. The third-order valence-electron chi connectivity index (χ3n) is 4.99. The van der Waals surface area contributed by atoms with Gasteiger partial charge in [0.05, 0.1) is 12.4 Å². The number of rotatable bonds is 17. The number of H-pyrrole nitrogens is 1. The molecule has 0 radical (unpaired) electrons. The molecule has 0 saturated carbocycles. The highest BCUT2D eigenvalue weighted by Gasteiger charge is 2.30. The first kappa shape index (κ1) is 31.2. The quantitative estimate of drug-likeness (QED) is 0.0401. The van der Waals surface area contributed by atoms with Crippen LogP contribution in [0, 0.1) is 0 Å². The van der Waals surface area contributed by atoms with Crippen molar-refractivity contribution in [1.82, 2.24) is 25.9 Å². The number of amides is 3. The molecule has 1 rings (SSSR count). The van der Waals surface area contributed by atoms with Crippen LogP contribution in [-0.4, -0.2) is 92.3 Å². The zero-order chi connectivity index (χ0) is 28.0. The van der Waals surface area contributed by atoms with Crippen molar-refractivity contribution in [3.05, 3.63) is 18.2 Å². The van der Waals surface area contributed by atoms with Gasteiger partial charge in [-0.05, 0) is 19.3 Å². The van der Waals surface area contributed by atoms with E-state index >= 15 is 0 Å². The average Bonchev–Trinajstić information content (AvgIpc) is 3.33. The summed E-state index contributed by atoms with van der Waals surface area (Å²) in [4.78, 5) is 71.2. The van der Waals surface area contributed by atoms with Gasteiger partial charge in [-0.25, -0.2) is 9.78 Å². The van der Waals surface area contributed by atoms with Crippen LogP contribution in [0.3, 0.4) is 0 Å². The maximum atomic E-state index is 13.0. The minimum absolute atomic E-state index is 0.00615. The van der Waals surface area contributed by atoms with Crippen molar-refractivity contribution >= 4 is 48.2 Å². The lowest BCUT2D eigenvalue weighted by Gasteiger charge is -2.24. The summed E-state index contributed by atoms with van der Waals surface area (Å²) in [6, 6.07) is -4.99. The Morgan fingerprint density at radius 1 is 1.00 bits per heavy atom. The molecule has 0 fully saturated rings. The third-order valence-corrected chi connectivity index (χ3v) is 5.35. The topological polar surface area (TPSA) is 281 Å². The molecule has 0 aliphatic heterocycles. The molecule has 1 aromatic rings. The lowest BCUT2D eigenvalue weighted by molar-refractivity contribution is -0.141. The fourth-order valence-corrected chi connectivity index (χ4v) is 3.29. The van der Waals surface area contributed by atoms with E-state index in [0.717, 1.165) is 0 Å². The summed E-state index contributed by atoms with van der Waals surface area (Å²) in [7, 11) is 0. The number of aromatic amines is 1. The third kappa shape index (κ3) is 12.1. The number of hydrogen-bond donors (Lipinski definition) is 10. The van der Waals surface area contributed by atoms with Crippen molar-refractivity contribution < 1.29 is 34.2 Å². The fourth-order valence-electron chi connectivity index (χ4n) is 3.04. The predicted molar refractivity (Wildman–Crippen MR) is 134 cm³/mol. The average molecular weight is 544 g/mol. The van der Waals surface area contributed by atoms with E-state index in [9.17, 15) is 29.1 Å². The largest absolute Gasteiger partial charge is 0.481 e. The van der Waals surface area contributed by atoms with Gasteiger partial charge in [0.15, 0.2) is 5.96 Å². The summed E-state index contributed by atoms with van der Waals surface area (Å²) in [5.74, 6) is -5.32. The van der Waals surface area contributed by atoms with E-state index in [1.807, 2.05) is 0 Å². The van der Waals surface area contributed by atoms with E-state index < -0.39 is 60.2 Å². The number of carbonyl (C=O) groups is 5. The smallest absolute Gasteiger partial charge is 0.327 e.